The zero-order chi connectivity index (χ0) is 7.82. The number of nitro groups is 1. The van der Waals surface area contributed by atoms with Crippen LogP contribution in [0.1, 0.15) is 19.8 Å². The fraction of sp³-hybridized carbons (Fsp3) is 0.667. The van der Waals surface area contributed by atoms with Crippen LogP contribution in [0.2, 0.25) is 0 Å². The summed E-state index contributed by atoms with van der Waals surface area (Å²) in [5.41, 5.74) is 0. The van der Waals surface area contributed by atoms with Gasteiger partial charge in [0.2, 0.25) is 6.20 Å². The van der Waals surface area contributed by atoms with Crippen LogP contribution in [0.15, 0.2) is 12.4 Å². The molecule has 0 spiro atoms. The van der Waals surface area contributed by atoms with E-state index in [9.17, 15) is 10.1 Å². The number of rotatable bonds is 5. The average molecular weight is 144 g/mol. The molecule has 0 radical (unpaired) electrons. The lowest BCUT2D eigenvalue weighted by molar-refractivity contribution is -0.402. The summed E-state index contributed by atoms with van der Waals surface area (Å²) in [5, 5.41) is 12.5. The zero-order valence-corrected chi connectivity index (χ0v) is 6.04. The van der Waals surface area contributed by atoms with Crippen LogP contribution in [0.25, 0.3) is 0 Å². The highest BCUT2D eigenvalue weighted by molar-refractivity contribution is 4.68. The van der Waals surface area contributed by atoms with Gasteiger partial charge >= 0.3 is 0 Å². The van der Waals surface area contributed by atoms with Gasteiger partial charge in [-0.15, -0.1) is 0 Å². The lowest BCUT2D eigenvalue weighted by atomic mass is 10.3. The van der Waals surface area contributed by atoms with Crippen LogP contribution in [0.4, 0.5) is 0 Å². The van der Waals surface area contributed by atoms with Crippen LogP contribution in [0, 0.1) is 10.1 Å². The van der Waals surface area contributed by atoms with Crippen molar-refractivity contribution >= 4 is 0 Å². The van der Waals surface area contributed by atoms with Gasteiger partial charge in [0.15, 0.2) is 0 Å². The van der Waals surface area contributed by atoms with E-state index in [2.05, 4.69) is 12.2 Å². The second-order valence-electron chi connectivity index (χ2n) is 1.91. The van der Waals surface area contributed by atoms with E-state index in [0.29, 0.717) is 0 Å². The summed E-state index contributed by atoms with van der Waals surface area (Å²) in [6.45, 7) is 2.87. The van der Waals surface area contributed by atoms with Gasteiger partial charge in [-0.05, 0) is 6.42 Å². The maximum atomic E-state index is 9.71. The molecule has 0 aromatic rings. The molecule has 0 rings (SSSR count). The second-order valence-corrected chi connectivity index (χ2v) is 1.91. The van der Waals surface area contributed by atoms with Crippen molar-refractivity contribution in [2.45, 2.75) is 19.8 Å². The molecule has 58 valence electrons. The third-order valence-electron chi connectivity index (χ3n) is 0.989. The highest BCUT2D eigenvalue weighted by Crippen LogP contribution is 1.81. The Morgan fingerprint density at radius 1 is 1.70 bits per heavy atom. The molecule has 0 aliphatic rings. The van der Waals surface area contributed by atoms with Crippen molar-refractivity contribution < 1.29 is 4.92 Å². The molecule has 0 saturated carbocycles. The van der Waals surface area contributed by atoms with Crippen molar-refractivity contribution in [2.75, 3.05) is 6.54 Å². The Bertz CT molecular complexity index is 123. The van der Waals surface area contributed by atoms with Crippen LogP contribution in [0.3, 0.4) is 0 Å². The van der Waals surface area contributed by atoms with Crippen LogP contribution in [0.5, 0.6) is 0 Å². The Balaban J connectivity index is 3.10. The lowest BCUT2D eigenvalue weighted by Gasteiger charge is -1.93. The van der Waals surface area contributed by atoms with Crippen molar-refractivity contribution in [3.8, 4) is 0 Å². The van der Waals surface area contributed by atoms with E-state index in [1.54, 1.807) is 0 Å². The number of nitrogens with zero attached hydrogens (tertiary/aromatic N) is 1. The first-order chi connectivity index (χ1) is 4.77. The summed E-state index contributed by atoms with van der Waals surface area (Å²) in [7, 11) is 0. The predicted octanol–water partition coefficient (Wildman–Crippen LogP) is 1.12. The van der Waals surface area contributed by atoms with Gasteiger partial charge in [-0.2, -0.15) is 0 Å². The lowest BCUT2D eigenvalue weighted by Crippen LogP contribution is -2.06. The van der Waals surface area contributed by atoms with E-state index in [4.69, 9.17) is 0 Å². The quantitative estimate of drug-likeness (QED) is 0.357. The van der Waals surface area contributed by atoms with Crippen molar-refractivity contribution in [1.29, 1.82) is 0 Å². The molecule has 0 bridgehead atoms. The summed E-state index contributed by atoms with van der Waals surface area (Å²) in [4.78, 5) is 9.22. The van der Waals surface area contributed by atoms with Crippen LogP contribution in [-0.4, -0.2) is 11.5 Å². The molecule has 10 heavy (non-hydrogen) atoms. The monoisotopic (exact) mass is 144 g/mol. The zero-order valence-electron chi connectivity index (χ0n) is 6.04. The van der Waals surface area contributed by atoms with E-state index >= 15 is 0 Å². The van der Waals surface area contributed by atoms with Crippen LogP contribution in [-0.2, 0) is 0 Å². The summed E-state index contributed by atoms with van der Waals surface area (Å²) in [6, 6.07) is 0. The van der Waals surface area contributed by atoms with Gasteiger partial charge in [0.1, 0.15) is 0 Å². The van der Waals surface area contributed by atoms with Gasteiger partial charge in [0, 0.05) is 6.54 Å². The minimum Gasteiger partial charge on any atom is -0.386 e. The molecule has 0 aliphatic heterocycles. The van der Waals surface area contributed by atoms with Gasteiger partial charge in [-0.3, -0.25) is 10.1 Å². The molecular weight excluding hydrogens is 132 g/mol. The van der Waals surface area contributed by atoms with Gasteiger partial charge in [-0.1, -0.05) is 13.3 Å². The smallest absolute Gasteiger partial charge is 0.249 e. The Labute approximate surface area is 60.1 Å². The Kier molecular flexibility index (Phi) is 5.42. The Morgan fingerprint density at radius 3 is 2.90 bits per heavy atom. The van der Waals surface area contributed by atoms with Gasteiger partial charge in [0.05, 0.1) is 11.1 Å². The van der Waals surface area contributed by atoms with Crippen molar-refractivity contribution in [3.05, 3.63) is 22.5 Å². The van der Waals surface area contributed by atoms with Gasteiger partial charge in [0.25, 0.3) is 0 Å². The van der Waals surface area contributed by atoms with Gasteiger partial charge in [-0.25, -0.2) is 0 Å². The Morgan fingerprint density at radius 2 is 2.40 bits per heavy atom. The fourth-order valence-corrected chi connectivity index (χ4v) is 0.476. The topological polar surface area (TPSA) is 55.2 Å². The summed E-state index contributed by atoms with van der Waals surface area (Å²) in [6.07, 6.45) is 4.40. The van der Waals surface area contributed by atoms with Crippen LogP contribution < -0.4 is 5.32 Å². The molecule has 0 unspecified atom stereocenters. The standard InChI is InChI=1S/C6H12N2O2/c1-2-3-4-7-5-6-8(9)10/h5-7H,2-4H2,1H3. The summed E-state index contributed by atoms with van der Waals surface area (Å²) in [5.74, 6) is 0. The molecule has 0 aromatic heterocycles. The molecule has 4 heteroatoms. The minimum absolute atomic E-state index is 0.487. The summed E-state index contributed by atoms with van der Waals surface area (Å²) >= 11 is 0. The van der Waals surface area contributed by atoms with E-state index in [-0.39, 0.29) is 0 Å². The highest BCUT2D eigenvalue weighted by atomic mass is 16.6. The highest BCUT2D eigenvalue weighted by Gasteiger charge is 1.82. The molecular formula is C6H12N2O2. The molecule has 0 aliphatic carbocycles. The van der Waals surface area contributed by atoms with E-state index in [1.165, 1.54) is 6.20 Å². The molecule has 0 amide bonds. The van der Waals surface area contributed by atoms with Crippen molar-refractivity contribution in [2.24, 2.45) is 0 Å². The fourth-order valence-electron chi connectivity index (χ4n) is 0.476. The normalized spacial score (nSPS) is 10.1. The third kappa shape index (κ3) is 6.94. The number of hydrogen-bond donors (Lipinski definition) is 1. The number of unbranched alkanes of at least 4 members (excludes halogenated alkanes) is 1. The first-order valence-electron chi connectivity index (χ1n) is 3.31. The largest absolute Gasteiger partial charge is 0.386 e. The third-order valence-corrected chi connectivity index (χ3v) is 0.989. The number of hydrogen-bond acceptors (Lipinski definition) is 3. The first-order valence-corrected chi connectivity index (χ1v) is 3.31. The van der Waals surface area contributed by atoms with Crippen molar-refractivity contribution in [3.63, 3.8) is 0 Å². The minimum atomic E-state index is -0.487. The molecule has 0 heterocycles. The van der Waals surface area contributed by atoms with E-state index in [0.717, 1.165) is 25.6 Å². The average Bonchev–Trinajstić information content (AvgIpc) is 1.87. The Hall–Kier alpha value is -1.06. The van der Waals surface area contributed by atoms with E-state index in [1.807, 2.05) is 0 Å². The SMILES string of the molecule is CCCCNC=C[N+](=O)[O-]. The first kappa shape index (κ1) is 8.94. The molecule has 4 nitrogen and oxygen atoms in total. The van der Waals surface area contributed by atoms with Crippen LogP contribution >= 0.6 is 0 Å². The second kappa shape index (κ2) is 6.07. The van der Waals surface area contributed by atoms with Gasteiger partial charge < -0.3 is 5.32 Å². The molecule has 0 saturated heterocycles. The summed E-state index contributed by atoms with van der Waals surface area (Å²) < 4.78 is 0. The molecule has 0 atom stereocenters. The van der Waals surface area contributed by atoms with E-state index < -0.39 is 4.92 Å². The molecule has 1 N–H and O–H groups in total. The number of nitrogens with one attached hydrogen (secondary N) is 1. The maximum absolute atomic E-state index is 9.71. The maximum Gasteiger partial charge on any atom is 0.249 e. The molecule has 0 aromatic carbocycles. The van der Waals surface area contributed by atoms with Crippen molar-refractivity contribution in [1.82, 2.24) is 5.32 Å². The molecule has 0 fully saturated rings. The predicted molar refractivity (Wildman–Crippen MR) is 39.0 cm³/mol.